The molecule has 5 heteroatoms. The third kappa shape index (κ3) is 2.54. The van der Waals surface area contributed by atoms with Crippen molar-refractivity contribution in [3.05, 3.63) is 40.0 Å². The van der Waals surface area contributed by atoms with E-state index < -0.39 is 0 Å². The molecule has 0 amide bonds. The Morgan fingerprint density at radius 3 is 2.88 bits per heavy atom. The summed E-state index contributed by atoms with van der Waals surface area (Å²) in [7, 11) is 1.93. The van der Waals surface area contributed by atoms with Gasteiger partial charge >= 0.3 is 0 Å². The minimum absolute atomic E-state index is 0.710. The summed E-state index contributed by atoms with van der Waals surface area (Å²) in [6, 6.07) is 1.90. The van der Waals surface area contributed by atoms with Crippen molar-refractivity contribution >= 4 is 15.9 Å². The van der Waals surface area contributed by atoms with Crippen molar-refractivity contribution in [2.45, 2.75) is 20.0 Å². The molecule has 0 bridgehead atoms. The molecule has 0 aliphatic heterocycles. The van der Waals surface area contributed by atoms with Gasteiger partial charge in [0.15, 0.2) is 0 Å². The van der Waals surface area contributed by atoms with Gasteiger partial charge in [0.2, 0.25) is 0 Å². The van der Waals surface area contributed by atoms with Gasteiger partial charge in [0, 0.05) is 25.4 Å². The van der Waals surface area contributed by atoms with Gasteiger partial charge in [-0.15, -0.1) is 0 Å². The molecule has 0 radical (unpaired) electrons. The van der Waals surface area contributed by atoms with Gasteiger partial charge in [0.1, 0.15) is 5.76 Å². The van der Waals surface area contributed by atoms with E-state index in [9.17, 15) is 0 Å². The van der Waals surface area contributed by atoms with Crippen LogP contribution in [0.4, 0.5) is 0 Å². The second-order valence-corrected chi connectivity index (χ2v) is 4.56. The minimum atomic E-state index is 0.710. The monoisotopic (exact) mass is 283 g/mol. The van der Waals surface area contributed by atoms with Gasteiger partial charge in [-0.2, -0.15) is 5.10 Å². The van der Waals surface area contributed by atoms with Crippen LogP contribution in [0.1, 0.15) is 17.0 Å². The van der Waals surface area contributed by atoms with E-state index in [-0.39, 0.29) is 0 Å². The van der Waals surface area contributed by atoms with Gasteiger partial charge in [0.25, 0.3) is 0 Å². The van der Waals surface area contributed by atoms with E-state index in [1.807, 2.05) is 30.9 Å². The number of aromatic nitrogens is 2. The van der Waals surface area contributed by atoms with E-state index >= 15 is 0 Å². The first-order chi connectivity index (χ1) is 7.66. The molecular formula is C11H14BrN3O. The van der Waals surface area contributed by atoms with Crippen molar-refractivity contribution in [1.29, 1.82) is 0 Å². The highest BCUT2D eigenvalue weighted by Gasteiger charge is 2.05. The number of nitrogens with zero attached hydrogens (tertiary/aromatic N) is 2. The molecule has 16 heavy (non-hydrogen) atoms. The maximum Gasteiger partial charge on any atom is 0.131 e. The third-order valence-electron chi connectivity index (χ3n) is 2.41. The maximum atomic E-state index is 5.31. The SMILES string of the molecule is Cc1nn(C)cc1CNCc1occc1Br. The van der Waals surface area contributed by atoms with E-state index in [0.29, 0.717) is 6.54 Å². The standard InChI is InChI=1S/C11H14BrN3O/c1-8-9(7-15(2)14-8)5-13-6-11-10(12)3-4-16-11/h3-4,7,13H,5-6H2,1-2H3. The summed E-state index contributed by atoms with van der Waals surface area (Å²) in [5, 5.41) is 7.61. The van der Waals surface area contributed by atoms with Crippen molar-refractivity contribution in [3.63, 3.8) is 0 Å². The highest BCUT2D eigenvalue weighted by Crippen LogP contribution is 2.17. The summed E-state index contributed by atoms with van der Waals surface area (Å²) >= 11 is 3.42. The van der Waals surface area contributed by atoms with E-state index in [0.717, 1.165) is 22.5 Å². The summed E-state index contributed by atoms with van der Waals surface area (Å²) < 4.78 is 8.14. The quantitative estimate of drug-likeness (QED) is 0.937. The van der Waals surface area contributed by atoms with Crippen LogP contribution in [0, 0.1) is 6.92 Å². The predicted octanol–water partition coefficient (Wildman–Crippen LogP) is 2.37. The van der Waals surface area contributed by atoms with Gasteiger partial charge in [0.05, 0.1) is 23.0 Å². The van der Waals surface area contributed by atoms with Gasteiger partial charge in [-0.3, -0.25) is 4.68 Å². The number of furan rings is 1. The van der Waals surface area contributed by atoms with Crippen LogP contribution in [0.25, 0.3) is 0 Å². The van der Waals surface area contributed by atoms with Crippen LogP contribution in [0.3, 0.4) is 0 Å². The molecule has 0 aromatic carbocycles. The number of nitrogens with one attached hydrogen (secondary N) is 1. The molecule has 86 valence electrons. The fraction of sp³-hybridized carbons (Fsp3) is 0.364. The summed E-state index contributed by atoms with van der Waals surface area (Å²) in [5.74, 6) is 0.918. The predicted molar refractivity (Wildman–Crippen MR) is 64.9 cm³/mol. The molecule has 0 aliphatic carbocycles. The minimum Gasteiger partial charge on any atom is -0.467 e. The zero-order chi connectivity index (χ0) is 11.5. The first-order valence-electron chi connectivity index (χ1n) is 5.08. The molecule has 2 aromatic rings. The van der Waals surface area contributed by atoms with E-state index in [2.05, 4.69) is 26.3 Å². The van der Waals surface area contributed by atoms with Crippen LogP contribution in [0.5, 0.6) is 0 Å². The van der Waals surface area contributed by atoms with E-state index in [1.165, 1.54) is 5.56 Å². The molecule has 2 heterocycles. The Labute approximate surface area is 103 Å². The largest absolute Gasteiger partial charge is 0.467 e. The van der Waals surface area contributed by atoms with Crippen LogP contribution in [-0.4, -0.2) is 9.78 Å². The molecule has 0 atom stereocenters. The van der Waals surface area contributed by atoms with Crippen molar-refractivity contribution in [2.75, 3.05) is 0 Å². The number of halogens is 1. The molecule has 4 nitrogen and oxygen atoms in total. The van der Waals surface area contributed by atoms with Crippen molar-refractivity contribution < 1.29 is 4.42 Å². The summed E-state index contributed by atoms with van der Waals surface area (Å²) in [4.78, 5) is 0. The molecular weight excluding hydrogens is 270 g/mol. The van der Waals surface area contributed by atoms with Crippen molar-refractivity contribution in [1.82, 2.24) is 15.1 Å². The maximum absolute atomic E-state index is 5.31. The third-order valence-corrected chi connectivity index (χ3v) is 3.11. The molecule has 2 rings (SSSR count). The topological polar surface area (TPSA) is 43.0 Å². The van der Waals surface area contributed by atoms with Gasteiger partial charge in [-0.05, 0) is 28.9 Å². The van der Waals surface area contributed by atoms with Crippen LogP contribution >= 0.6 is 15.9 Å². The van der Waals surface area contributed by atoms with Gasteiger partial charge < -0.3 is 9.73 Å². The van der Waals surface area contributed by atoms with Crippen LogP contribution in [-0.2, 0) is 20.1 Å². The Balaban J connectivity index is 1.89. The fourth-order valence-electron chi connectivity index (χ4n) is 1.58. The first-order valence-corrected chi connectivity index (χ1v) is 5.88. The number of hydrogen-bond acceptors (Lipinski definition) is 3. The lowest BCUT2D eigenvalue weighted by Gasteiger charge is -2.01. The summed E-state index contributed by atoms with van der Waals surface area (Å²) in [6.07, 6.45) is 3.70. The van der Waals surface area contributed by atoms with Gasteiger partial charge in [-0.25, -0.2) is 0 Å². The Hall–Kier alpha value is -1.07. The molecule has 0 unspecified atom stereocenters. The molecule has 0 spiro atoms. The molecule has 2 aromatic heterocycles. The Morgan fingerprint density at radius 2 is 2.31 bits per heavy atom. The number of rotatable bonds is 4. The molecule has 0 saturated carbocycles. The lowest BCUT2D eigenvalue weighted by Crippen LogP contribution is -2.12. The molecule has 1 N–H and O–H groups in total. The lowest BCUT2D eigenvalue weighted by atomic mass is 10.2. The zero-order valence-corrected chi connectivity index (χ0v) is 10.9. The van der Waals surface area contributed by atoms with Crippen molar-refractivity contribution in [3.8, 4) is 0 Å². The first kappa shape index (κ1) is 11.4. The Bertz CT molecular complexity index is 475. The smallest absolute Gasteiger partial charge is 0.131 e. The van der Waals surface area contributed by atoms with Crippen LogP contribution < -0.4 is 5.32 Å². The van der Waals surface area contributed by atoms with Crippen LogP contribution in [0.2, 0.25) is 0 Å². The second-order valence-electron chi connectivity index (χ2n) is 3.71. The number of hydrogen-bond donors (Lipinski definition) is 1. The average Bonchev–Trinajstić information content (AvgIpc) is 2.75. The van der Waals surface area contributed by atoms with E-state index in [1.54, 1.807) is 6.26 Å². The summed E-state index contributed by atoms with van der Waals surface area (Å²) in [6.45, 7) is 3.52. The van der Waals surface area contributed by atoms with Crippen LogP contribution in [0.15, 0.2) is 27.4 Å². The second kappa shape index (κ2) is 4.84. The average molecular weight is 284 g/mol. The van der Waals surface area contributed by atoms with Gasteiger partial charge in [-0.1, -0.05) is 0 Å². The molecule has 0 saturated heterocycles. The molecule has 0 aliphatic rings. The Morgan fingerprint density at radius 1 is 1.50 bits per heavy atom. The molecule has 0 fully saturated rings. The Kier molecular flexibility index (Phi) is 3.46. The highest BCUT2D eigenvalue weighted by molar-refractivity contribution is 9.10. The fourth-order valence-corrected chi connectivity index (χ4v) is 1.93. The van der Waals surface area contributed by atoms with E-state index in [4.69, 9.17) is 4.42 Å². The van der Waals surface area contributed by atoms with Crippen molar-refractivity contribution in [2.24, 2.45) is 7.05 Å². The lowest BCUT2D eigenvalue weighted by molar-refractivity contribution is 0.480. The summed E-state index contributed by atoms with van der Waals surface area (Å²) in [5.41, 5.74) is 2.28. The number of aryl methyl sites for hydroxylation is 2. The zero-order valence-electron chi connectivity index (χ0n) is 9.33. The highest BCUT2D eigenvalue weighted by atomic mass is 79.9. The normalized spacial score (nSPS) is 10.9.